The van der Waals surface area contributed by atoms with Crippen molar-refractivity contribution in [2.24, 2.45) is 5.73 Å². The molecule has 2 nitrogen and oxygen atoms in total. The van der Waals surface area contributed by atoms with Crippen molar-refractivity contribution in [1.29, 1.82) is 0 Å². The van der Waals surface area contributed by atoms with Gasteiger partial charge in [0, 0.05) is 5.70 Å². The molecule has 0 heterocycles. The molecule has 0 bridgehead atoms. The second-order valence-electron chi connectivity index (χ2n) is 2.80. The number of allylic oxidation sites excluding steroid dienone is 1. The molecule has 0 aliphatic rings. The maximum Gasteiger partial charge on any atom is 0.116 e. The lowest BCUT2D eigenvalue weighted by Crippen LogP contribution is -1.91. The Hall–Kier alpha value is -1.57. The second kappa shape index (κ2) is 14.9. The highest BCUT2D eigenvalue weighted by Gasteiger charge is 1.76. The van der Waals surface area contributed by atoms with Crippen LogP contribution in [0.1, 0.15) is 26.7 Å². The third-order valence-corrected chi connectivity index (χ3v) is 1.24. The maximum absolute atomic E-state index is 8.81. The smallest absolute Gasteiger partial charge is 0.116 e. The molecule has 0 amide bonds. The van der Waals surface area contributed by atoms with Crippen LogP contribution in [0.3, 0.4) is 0 Å². The predicted octanol–water partition coefficient (Wildman–Crippen LogP) is 3.15. The Labute approximate surface area is 92.8 Å². The van der Waals surface area contributed by atoms with Crippen LogP contribution in [0, 0.1) is 0 Å². The van der Waals surface area contributed by atoms with E-state index in [4.69, 9.17) is 10.5 Å². The van der Waals surface area contributed by atoms with Gasteiger partial charge in [-0.15, -0.1) is 0 Å². The lowest BCUT2D eigenvalue weighted by atomic mass is 10.3. The van der Waals surface area contributed by atoms with E-state index in [0.29, 0.717) is 0 Å². The average Bonchev–Trinajstić information content (AvgIpc) is 2.22. The third kappa shape index (κ3) is 24.5. The van der Waals surface area contributed by atoms with Crippen molar-refractivity contribution in [3.8, 4) is 0 Å². The van der Waals surface area contributed by atoms with Gasteiger partial charge in [-0.2, -0.15) is 0 Å². The summed E-state index contributed by atoms with van der Waals surface area (Å²) in [4.78, 5) is 8.81. The van der Waals surface area contributed by atoms with E-state index in [-0.39, 0.29) is 0 Å². The van der Waals surface area contributed by atoms with Crippen molar-refractivity contribution in [2.45, 2.75) is 26.7 Å². The van der Waals surface area contributed by atoms with Crippen LogP contribution in [0.5, 0.6) is 0 Å². The van der Waals surface area contributed by atoms with Crippen LogP contribution in [0.4, 0.5) is 0 Å². The molecule has 0 spiro atoms. The van der Waals surface area contributed by atoms with Gasteiger partial charge in [-0.1, -0.05) is 56.3 Å². The molecule has 0 radical (unpaired) electrons. The van der Waals surface area contributed by atoms with Crippen molar-refractivity contribution in [1.82, 2.24) is 0 Å². The van der Waals surface area contributed by atoms with Gasteiger partial charge in [-0.3, -0.25) is 0 Å². The molecule has 0 aliphatic heterocycles. The van der Waals surface area contributed by atoms with E-state index in [2.05, 4.69) is 13.5 Å². The van der Waals surface area contributed by atoms with Gasteiger partial charge in [0.2, 0.25) is 0 Å². The molecular formula is C13H21NO. The number of rotatable bonds is 2. The highest BCUT2D eigenvalue weighted by atomic mass is 16.1. The minimum absolute atomic E-state index is 0.750. The maximum atomic E-state index is 8.81. The average molecular weight is 207 g/mol. The minimum atomic E-state index is 0.750. The Balaban J connectivity index is 0. The topological polar surface area (TPSA) is 43.1 Å². The van der Waals surface area contributed by atoms with E-state index in [1.165, 1.54) is 6.92 Å². The Morgan fingerprint density at radius 3 is 1.53 bits per heavy atom. The van der Waals surface area contributed by atoms with Crippen LogP contribution in [0.2, 0.25) is 0 Å². The monoisotopic (exact) mass is 207 g/mol. The van der Waals surface area contributed by atoms with E-state index in [9.17, 15) is 0 Å². The molecule has 2 heteroatoms. The fourth-order valence-corrected chi connectivity index (χ4v) is 0.706. The fraction of sp³-hybridized carbons (Fsp3) is 0.308. The van der Waals surface area contributed by atoms with Gasteiger partial charge in [-0.25, -0.2) is 0 Å². The summed E-state index contributed by atoms with van der Waals surface area (Å²) in [5.74, 6) is 0. The summed E-state index contributed by atoms with van der Waals surface area (Å²) in [7, 11) is 0. The van der Waals surface area contributed by atoms with Gasteiger partial charge in [-0.05, 0) is 13.3 Å². The summed E-state index contributed by atoms with van der Waals surface area (Å²) < 4.78 is 0. The first-order valence-electron chi connectivity index (χ1n) is 5.02. The second-order valence-corrected chi connectivity index (χ2v) is 2.80. The molecule has 1 rings (SSSR count). The van der Waals surface area contributed by atoms with Crippen LogP contribution in [-0.2, 0) is 4.79 Å². The summed E-state index contributed by atoms with van der Waals surface area (Å²) in [5, 5.41) is 0. The van der Waals surface area contributed by atoms with Crippen molar-refractivity contribution >= 4 is 6.29 Å². The molecule has 0 unspecified atom stereocenters. The summed E-state index contributed by atoms with van der Waals surface area (Å²) >= 11 is 0. The van der Waals surface area contributed by atoms with Crippen LogP contribution >= 0.6 is 0 Å². The Morgan fingerprint density at radius 1 is 1.20 bits per heavy atom. The van der Waals surface area contributed by atoms with Crippen LogP contribution < -0.4 is 5.73 Å². The minimum Gasteiger partial charge on any atom is -0.403 e. The summed E-state index contributed by atoms with van der Waals surface area (Å²) in [6.45, 7) is 7.05. The van der Waals surface area contributed by atoms with E-state index in [1.807, 2.05) is 36.4 Å². The molecule has 0 fully saturated rings. The molecule has 0 aromatic heterocycles. The lowest BCUT2D eigenvalue weighted by Gasteiger charge is -1.88. The molecule has 0 saturated carbocycles. The molecule has 2 N–H and O–H groups in total. The number of hydrogen-bond donors (Lipinski definition) is 1. The standard InChI is InChI=1S/C6H6.C5H11N.C2H4O/c1-2-4-6-5-3-1;1-3-4-5(2)6;1-2-3/h1-6H;2-4,6H2,1H3;2H,1H3. The first kappa shape index (κ1) is 15.9. The number of aldehydes is 1. The van der Waals surface area contributed by atoms with Crippen LogP contribution in [0.15, 0.2) is 48.7 Å². The molecule has 0 saturated heterocycles. The zero-order chi connectivity index (χ0) is 11.9. The quantitative estimate of drug-likeness (QED) is 0.757. The molecule has 0 atom stereocenters. The predicted molar refractivity (Wildman–Crippen MR) is 66.4 cm³/mol. The normalized spacial score (nSPS) is 7.33. The number of carbonyl (C=O) groups excluding carboxylic acids is 1. The van der Waals surface area contributed by atoms with Gasteiger partial charge >= 0.3 is 0 Å². The number of hydrogen-bond acceptors (Lipinski definition) is 2. The Bertz CT molecular complexity index is 205. The van der Waals surface area contributed by atoms with Gasteiger partial charge < -0.3 is 10.5 Å². The zero-order valence-corrected chi connectivity index (χ0v) is 9.65. The molecule has 1 aromatic rings. The van der Waals surface area contributed by atoms with E-state index >= 15 is 0 Å². The third-order valence-electron chi connectivity index (χ3n) is 1.24. The van der Waals surface area contributed by atoms with Crippen molar-refractivity contribution in [3.63, 3.8) is 0 Å². The summed E-state index contributed by atoms with van der Waals surface area (Å²) in [5.41, 5.74) is 6.00. The molecule has 1 aromatic carbocycles. The largest absolute Gasteiger partial charge is 0.403 e. The SMILES string of the molecule is C=C(N)CCC.CC=O.c1ccccc1. The first-order valence-corrected chi connectivity index (χ1v) is 5.02. The lowest BCUT2D eigenvalue weighted by molar-refractivity contribution is -0.106. The van der Waals surface area contributed by atoms with Gasteiger partial charge in [0.05, 0.1) is 0 Å². The van der Waals surface area contributed by atoms with Crippen LogP contribution in [-0.4, -0.2) is 6.29 Å². The van der Waals surface area contributed by atoms with Crippen LogP contribution in [0.25, 0.3) is 0 Å². The fourth-order valence-electron chi connectivity index (χ4n) is 0.706. The highest BCUT2D eigenvalue weighted by Crippen LogP contribution is 1.90. The van der Waals surface area contributed by atoms with Gasteiger partial charge in [0.1, 0.15) is 6.29 Å². The van der Waals surface area contributed by atoms with E-state index < -0.39 is 0 Å². The summed E-state index contributed by atoms with van der Waals surface area (Å²) in [6.07, 6.45) is 2.81. The van der Waals surface area contributed by atoms with Crippen molar-refractivity contribution in [2.75, 3.05) is 0 Å². The highest BCUT2D eigenvalue weighted by molar-refractivity contribution is 5.44. The molecule has 0 aliphatic carbocycles. The van der Waals surface area contributed by atoms with E-state index in [0.717, 1.165) is 24.8 Å². The van der Waals surface area contributed by atoms with Crippen molar-refractivity contribution < 1.29 is 4.79 Å². The Morgan fingerprint density at radius 2 is 1.47 bits per heavy atom. The summed E-state index contributed by atoms with van der Waals surface area (Å²) in [6, 6.07) is 12.0. The first-order chi connectivity index (χ1) is 7.18. The molecule has 15 heavy (non-hydrogen) atoms. The van der Waals surface area contributed by atoms with Gasteiger partial charge in [0.15, 0.2) is 0 Å². The van der Waals surface area contributed by atoms with Gasteiger partial charge in [0.25, 0.3) is 0 Å². The number of carbonyl (C=O) groups is 1. The number of benzene rings is 1. The Kier molecular flexibility index (Phi) is 15.8. The van der Waals surface area contributed by atoms with Crippen molar-refractivity contribution in [3.05, 3.63) is 48.7 Å². The molecule has 84 valence electrons. The van der Waals surface area contributed by atoms with E-state index in [1.54, 1.807) is 0 Å². The zero-order valence-electron chi connectivity index (χ0n) is 9.65. The molecular weight excluding hydrogens is 186 g/mol. The number of nitrogens with two attached hydrogens (primary N) is 1.